The van der Waals surface area contributed by atoms with Crippen LogP contribution in [0.2, 0.25) is 0 Å². The van der Waals surface area contributed by atoms with Crippen LogP contribution < -0.4 is 4.74 Å². The van der Waals surface area contributed by atoms with Gasteiger partial charge in [-0.25, -0.2) is 4.79 Å². The lowest BCUT2D eigenvalue weighted by molar-refractivity contribution is 0.0702. The second-order valence-electron chi connectivity index (χ2n) is 6.47. The van der Waals surface area contributed by atoms with Crippen LogP contribution in [0.15, 0.2) is 54.6 Å². The maximum atomic E-state index is 11.0. The first-order chi connectivity index (χ1) is 13.0. The Bertz CT molecular complexity index is 1090. The summed E-state index contributed by atoms with van der Waals surface area (Å²) in [4.78, 5) is 11.4. The number of hydrogen-bond acceptors (Lipinski definition) is 4. The number of thiophene rings is 2. The van der Waals surface area contributed by atoms with Gasteiger partial charge in [0.1, 0.15) is 11.5 Å². The standard InChI is InChI=1S/C22H18O3S2/c1-13-5-3-6-14(2)21(13)16-8-4-7-15(9-16)12-25-20-11-18-17(27-20)10-19(26-18)22(23)24/h3-11H,12H2,1-2H3,(H,23,24). The van der Waals surface area contributed by atoms with E-state index in [1.54, 1.807) is 6.07 Å². The van der Waals surface area contributed by atoms with Gasteiger partial charge in [-0.1, -0.05) is 47.7 Å². The van der Waals surface area contributed by atoms with Crippen molar-refractivity contribution in [2.24, 2.45) is 0 Å². The van der Waals surface area contributed by atoms with Gasteiger partial charge in [-0.2, -0.15) is 0 Å². The number of aryl methyl sites for hydroxylation is 2. The van der Waals surface area contributed by atoms with E-state index in [1.807, 2.05) is 6.07 Å². The molecule has 0 radical (unpaired) electrons. The van der Waals surface area contributed by atoms with Crippen LogP contribution in [0.1, 0.15) is 26.4 Å². The van der Waals surface area contributed by atoms with Gasteiger partial charge < -0.3 is 9.84 Å². The average Bonchev–Trinajstić information content (AvgIpc) is 3.19. The molecule has 4 rings (SSSR count). The summed E-state index contributed by atoms with van der Waals surface area (Å²) in [6, 6.07) is 18.4. The molecule has 0 atom stereocenters. The molecule has 0 aliphatic carbocycles. The van der Waals surface area contributed by atoms with Crippen molar-refractivity contribution in [3.63, 3.8) is 0 Å². The zero-order valence-corrected chi connectivity index (χ0v) is 16.6. The normalized spacial score (nSPS) is 11.0. The number of benzene rings is 2. The van der Waals surface area contributed by atoms with E-state index in [0.29, 0.717) is 11.5 Å². The Labute approximate surface area is 165 Å². The number of hydrogen-bond donors (Lipinski definition) is 1. The van der Waals surface area contributed by atoms with E-state index >= 15 is 0 Å². The molecule has 0 aliphatic heterocycles. The predicted molar refractivity (Wildman–Crippen MR) is 112 cm³/mol. The van der Waals surface area contributed by atoms with Crippen LogP contribution >= 0.6 is 22.7 Å². The Morgan fingerprint density at radius 2 is 1.67 bits per heavy atom. The van der Waals surface area contributed by atoms with Crippen LogP contribution in [0, 0.1) is 13.8 Å². The largest absolute Gasteiger partial charge is 0.479 e. The van der Waals surface area contributed by atoms with Crippen LogP contribution in [0.25, 0.3) is 20.5 Å². The summed E-state index contributed by atoms with van der Waals surface area (Å²) in [5.41, 5.74) is 6.11. The van der Waals surface area contributed by atoms with Crippen molar-refractivity contribution in [2.45, 2.75) is 20.5 Å². The highest BCUT2D eigenvalue weighted by atomic mass is 32.1. The summed E-state index contributed by atoms with van der Waals surface area (Å²) in [6.07, 6.45) is 0. The Hall–Kier alpha value is -2.63. The molecule has 5 heteroatoms. The van der Waals surface area contributed by atoms with Gasteiger partial charge in [0, 0.05) is 15.5 Å². The summed E-state index contributed by atoms with van der Waals surface area (Å²) in [5, 5.41) is 9.88. The third-order valence-corrected chi connectivity index (χ3v) is 6.67. The molecule has 27 heavy (non-hydrogen) atoms. The highest BCUT2D eigenvalue weighted by molar-refractivity contribution is 7.29. The van der Waals surface area contributed by atoms with E-state index in [4.69, 9.17) is 9.84 Å². The summed E-state index contributed by atoms with van der Waals surface area (Å²) < 4.78 is 7.88. The lowest BCUT2D eigenvalue weighted by Gasteiger charge is -2.11. The van der Waals surface area contributed by atoms with Crippen LogP contribution in [0.4, 0.5) is 0 Å². The minimum Gasteiger partial charge on any atom is -0.479 e. The molecular formula is C22H18O3S2. The first kappa shape index (κ1) is 17.8. The fourth-order valence-electron chi connectivity index (χ4n) is 3.23. The Morgan fingerprint density at radius 1 is 0.963 bits per heavy atom. The van der Waals surface area contributed by atoms with Crippen molar-refractivity contribution in [1.82, 2.24) is 0 Å². The lowest BCUT2D eigenvalue weighted by atomic mass is 9.95. The zero-order valence-electron chi connectivity index (χ0n) is 15.0. The fourth-order valence-corrected chi connectivity index (χ4v) is 5.30. The third kappa shape index (κ3) is 3.61. The maximum Gasteiger partial charge on any atom is 0.345 e. The summed E-state index contributed by atoms with van der Waals surface area (Å²) in [7, 11) is 0. The smallest absolute Gasteiger partial charge is 0.345 e. The topological polar surface area (TPSA) is 46.5 Å². The predicted octanol–water partition coefficient (Wildman–Crippen LogP) is 6.52. The fraction of sp³-hybridized carbons (Fsp3) is 0.136. The van der Waals surface area contributed by atoms with E-state index in [1.165, 1.54) is 44.9 Å². The number of carboxylic acid groups (broad SMARTS) is 1. The quantitative estimate of drug-likeness (QED) is 0.419. The van der Waals surface area contributed by atoms with E-state index in [9.17, 15) is 4.79 Å². The minimum absolute atomic E-state index is 0.365. The molecule has 0 unspecified atom stereocenters. The summed E-state index contributed by atoms with van der Waals surface area (Å²) >= 11 is 2.77. The van der Waals surface area contributed by atoms with E-state index < -0.39 is 5.97 Å². The number of carboxylic acids is 1. The zero-order chi connectivity index (χ0) is 19.0. The molecule has 2 aromatic carbocycles. The molecule has 2 aromatic heterocycles. The first-order valence-corrected chi connectivity index (χ1v) is 10.2. The Balaban J connectivity index is 1.53. The van der Waals surface area contributed by atoms with E-state index in [-0.39, 0.29) is 0 Å². The number of aromatic carboxylic acids is 1. The minimum atomic E-state index is -0.880. The van der Waals surface area contributed by atoms with Gasteiger partial charge >= 0.3 is 5.97 Å². The van der Waals surface area contributed by atoms with Crippen molar-refractivity contribution in [3.8, 4) is 16.2 Å². The molecule has 1 N–H and O–H groups in total. The molecular weight excluding hydrogens is 376 g/mol. The molecule has 4 aromatic rings. The van der Waals surface area contributed by atoms with Gasteiger partial charge in [-0.3, -0.25) is 0 Å². The Morgan fingerprint density at radius 3 is 2.37 bits per heavy atom. The number of rotatable bonds is 5. The van der Waals surface area contributed by atoms with Crippen molar-refractivity contribution >= 4 is 38.0 Å². The first-order valence-electron chi connectivity index (χ1n) is 8.56. The van der Waals surface area contributed by atoms with Crippen molar-refractivity contribution in [2.75, 3.05) is 0 Å². The molecule has 0 fully saturated rings. The monoisotopic (exact) mass is 394 g/mol. The lowest BCUT2D eigenvalue weighted by Crippen LogP contribution is -1.95. The summed E-state index contributed by atoms with van der Waals surface area (Å²) in [6.45, 7) is 4.75. The third-order valence-electron chi connectivity index (χ3n) is 4.47. The van der Waals surface area contributed by atoms with E-state index in [0.717, 1.165) is 20.0 Å². The second-order valence-corrected chi connectivity index (χ2v) is 8.60. The van der Waals surface area contributed by atoms with Crippen molar-refractivity contribution < 1.29 is 14.6 Å². The highest BCUT2D eigenvalue weighted by Gasteiger charge is 2.12. The molecule has 0 spiro atoms. The molecule has 136 valence electrons. The van der Waals surface area contributed by atoms with Gasteiger partial charge in [-0.05, 0) is 53.8 Å². The van der Waals surface area contributed by atoms with Gasteiger partial charge in [0.15, 0.2) is 5.06 Å². The number of carbonyl (C=O) groups is 1. The van der Waals surface area contributed by atoms with E-state index in [2.05, 4.69) is 56.3 Å². The van der Waals surface area contributed by atoms with Gasteiger partial charge in [0.05, 0.1) is 0 Å². The van der Waals surface area contributed by atoms with Crippen LogP contribution in [0.5, 0.6) is 5.06 Å². The molecule has 0 saturated carbocycles. The molecule has 0 saturated heterocycles. The molecule has 0 amide bonds. The number of ether oxygens (including phenoxy) is 1. The van der Waals surface area contributed by atoms with Crippen molar-refractivity contribution in [3.05, 3.63) is 76.2 Å². The van der Waals surface area contributed by atoms with Crippen molar-refractivity contribution in [1.29, 1.82) is 0 Å². The SMILES string of the molecule is Cc1cccc(C)c1-c1cccc(COc2cc3sc(C(=O)O)cc3s2)c1. The Kier molecular flexibility index (Phi) is 4.72. The second kappa shape index (κ2) is 7.18. The van der Waals surface area contributed by atoms with Gasteiger partial charge in [-0.15, -0.1) is 11.3 Å². The molecule has 0 aliphatic rings. The molecule has 0 bridgehead atoms. The van der Waals surface area contributed by atoms with Crippen LogP contribution in [-0.2, 0) is 6.61 Å². The maximum absolute atomic E-state index is 11.0. The highest BCUT2D eigenvalue weighted by Crippen LogP contribution is 2.38. The van der Waals surface area contributed by atoms with Gasteiger partial charge in [0.25, 0.3) is 0 Å². The molecule has 2 heterocycles. The average molecular weight is 395 g/mol. The summed E-state index contributed by atoms with van der Waals surface area (Å²) in [5.74, 6) is -0.880. The van der Waals surface area contributed by atoms with Gasteiger partial charge in [0.2, 0.25) is 0 Å². The van der Waals surface area contributed by atoms with Crippen LogP contribution in [0.3, 0.4) is 0 Å². The van der Waals surface area contributed by atoms with Crippen LogP contribution in [-0.4, -0.2) is 11.1 Å². The number of fused-ring (bicyclic) bond motifs is 1. The molecule has 3 nitrogen and oxygen atoms in total.